The maximum Gasteiger partial charge on any atom is 0.220 e. The van der Waals surface area contributed by atoms with E-state index in [0.717, 1.165) is 17.0 Å². The van der Waals surface area contributed by atoms with E-state index < -0.39 is 0 Å². The van der Waals surface area contributed by atoms with Gasteiger partial charge in [0.15, 0.2) is 11.7 Å². The minimum absolute atomic E-state index is 0.00355. The highest BCUT2D eigenvalue weighted by atomic mass is 32.1. The number of thiol groups is 1. The maximum atomic E-state index is 11.5. The molecule has 0 atom stereocenters. The van der Waals surface area contributed by atoms with E-state index >= 15 is 0 Å². The molecule has 5 heteroatoms. The molecule has 1 N–H and O–H groups in total. The lowest BCUT2D eigenvalue weighted by Gasteiger charge is -2.00. The Morgan fingerprint density at radius 1 is 1.35 bits per heavy atom. The molecular weight excluding hydrogens is 272 g/mol. The van der Waals surface area contributed by atoms with Gasteiger partial charge in [0, 0.05) is 30.7 Å². The van der Waals surface area contributed by atoms with Gasteiger partial charge in [0.1, 0.15) is 0 Å². The molecule has 2 rings (SSSR count). The summed E-state index contributed by atoms with van der Waals surface area (Å²) < 4.78 is 5.75. The van der Waals surface area contributed by atoms with Gasteiger partial charge < -0.3 is 9.73 Å². The quantitative estimate of drug-likeness (QED) is 0.804. The molecule has 1 amide bonds. The maximum absolute atomic E-state index is 11.5. The summed E-state index contributed by atoms with van der Waals surface area (Å²) in [6, 6.07) is 9.85. The molecule has 0 radical (unpaired) electrons. The number of aromatic nitrogens is 1. The van der Waals surface area contributed by atoms with Crippen molar-refractivity contribution in [3.8, 4) is 11.3 Å². The molecule has 0 spiro atoms. The highest BCUT2D eigenvalue weighted by Gasteiger charge is 2.12. The number of nitrogens with one attached hydrogen (secondary N) is 1. The highest BCUT2D eigenvalue weighted by molar-refractivity contribution is 7.80. The van der Waals surface area contributed by atoms with E-state index in [1.54, 1.807) is 0 Å². The van der Waals surface area contributed by atoms with Gasteiger partial charge in [0.05, 0.1) is 5.69 Å². The smallest absolute Gasteiger partial charge is 0.220 e. The second kappa shape index (κ2) is 7.14. The number of aryl methyl sites for hydroxylation is 2. The summed E-state index contributed by atoms with van der Waals surface area (Å²) in [5.41, 5.74) is 1.85. The Balaban J connectivity index is 1.99. The lowest BCUT2D eigenvalue weighted by atomic mass is 10.1. The second-order valence-electron chi connectivity index (χ2n) is 4.46. The molecule has 0 unspecified atom stereocenters. The Labute approximate surface area is 124 Å². The second-order valence-corrected chi connectivity index (χ2v) is 4.91. The molecule has 1 aromatic heterocycles. The fourth-order valence-corrected chi connectivity index (χ4v) is 2.03. The summed E-state index contributed by atoms with van der Waals surface area (Å²) in [4.78, 5) is 15.9. The lowest BCUT2D eigenvalue weighted by Crippen LogP contribution is -2.25. The molecular formula is C15H18N2O2S. The molecule has 1 heterocycles. The minimum atomic E-state index is -0.00355. The third-order valence-corrected chi connectivity index (χ3v) is 3.10. The predicted octanol–water partition coefficient (Wildman–Crippen LogP) is 2.63. The van der Waals surface area contributed by atoms with Gasteiger partial charge in [-0.3, -0.25) is 4.79 Å². The van der Waals surface area contributed by atoms with Crippen LogP contribution in [0.3, 0.4) is 0 Å². The van der Waals surface area contributed by atoms with Crippen LogP contribution in [-0.4, -0.2) is 23.2 Å². The monoisotopic (exact) mass is 290 g/mol. The molecule has 1 aromatic carbocycles. The van der Waals surface area contributed by atoms with Crippen LogP contribution in [0.5, 0.6) is 0 Å². The molecule has 0 aliphatic heterocycles. The number of carbonyl (C=O) groups excluding carboxylic acids is 1. The normalized spacial score (nSPS) is 10.5. The summed E-state index contributed by atoms with van der Waals surface area (Å²) in [7, 11) is 0. The van der Waals surface area contributed by atoms with E-state index in [2.05, 4.69) is 22.9 Å². The van der Waals surface area contributed by atoms with Crippen LogP contribution in [0, 0.1) is 6.92 Å². The summed E-state index contributed by atoms with van der Waals surface area (Å²) in [6.07, 6.45) is 0.883. The van der Waals surface area contributed by atoms with Crippen molar-refractivity contribution in [2.75, 3.05) is 12.3 Å². The Bertz CT molecular complexity index is 567. The molecule has 2 aromatic rings. The van der Waals surface area contributed by atoms with Gasteiger partial charge in [-0.25, -0.2) is 4.98 Å². The largest absolute Gasteiger partial charge is 0.440 e. The Morgan fingerprint density at radius 2 is 2.10 bits per heavy atom. The van der Waals surface area contributed by atoms with Crippen LogP contribution in [0.2, 0.25) is 0 Å². The first-order valence-electron chi connectivity index (χ1n) is 6.60. The van der Waals surface area contributed by atoms with Gasteiger partial charge in [-0.2, -0.15) is 12.6 Å². The van der Waals surface area contributed by atoms with Crippen LogP contribution in [0.25, 0.3) is 11.3 Å². The number of benzene rings is 1. The van der Waals surface area contributed by atoms with Crippen LogP contribution in [0.15, 0.2) is 34.7 Å². The molecule has 0 fully saturated rings. The average Bonchev–Trinajstić information content (AvgIpc) is 2.85. The fraction of sp³-hybridized carbons (Fsp3) is 0.333. The number of amides is 1. The number of hydrogen-bond acceptors (Lipinski definition) is 4. The van der Waals surface area contributed by atoms with Crippen LogP contribution >= 0.6 is 12.6 Å². The molecule has 0 aliphatic carbocycles. The van der Waals surface area contributed by atoms with Gasteiger partial charge >= 0.3 is 0 Å². The summed E-state index contributed by atoms with van der Waals surface area (Å²) in [5.74, 6) is 2.01. The van der Waals surface area contributed by atoms with Gasteiger partial charge in [-0.05, 0) is 6.92 Å². The molecule has 0 saturated heterocycles. The van der Waals surface area contributed by atoms with Gasteiger partial charge in [-0.15, -0.1) is 0 Å². The lowest BCUT2D eigenvalue weighted by molar-refractivity contribution is -0.121. The zero-order valence-electron chi connectivity index (χ0n) is 11.4. The minimum Gasteiger partial charge on any atom is -0.440 e. The van der Waals surface area contributed by atoms with Gasteiger partial charge in [0.25, 0.3) is 0 Å². The van der Waals surface area contributed by atoms with Crippen LogP contribution in [0.1, 0.15) is 18.0 Å². The van der Waals surface area contributed by atoms with E-state index in [0.29, 0.717) is 31.0 Å². The molecule has 4 nitrogen and oxygen atoms in total. The Kier molecular flexibility index (Phi) is 5.24. The van der Waals surface area contributed by atoms with Gasteiger partial charge in [0.2, 0.25) is 5.91 Å². The first kappa shape index (κ1) is 14.7. The topological polar surface area (TPSA) is 55.1 Å². The van der Waals surface area contributed by atoms with Crippen LogP contribution in [0.4, 0.5) is 0 Å². The SMILES string of the molecule is Cc1nc(CCC(=O)NCCS)oc1-c1ccccc1. The fourth-order valence-electron chi connectivity index (χ4n) is 1.92. The van der Waals surface area contributed by atoms with E-state index in [1.165, 1.54) is 0 Å². The molecule has 0 bridgehead atoms. The molecule has 0 aliphatic rings. The third-order valence-electron chi connectivity index (χ3n) is 2.88. The number of carbonyl (C=O) groups is 1. The summed E-state index contributed by atoms with van der Waals surface area (Å²) in [6.45, 7) is 2.50. The standard InChI is InChI=1S/C15H18N2O2S/c1-11-15(12-5-3-2-4-6-12)19-14(17-11)8-7-13(18)16-9-10-20/h2-6,20H,7-10H2,1H3,(H,16,18). The van der Waals surface area contributed by atoms with Crippen molar-refractivity contribution in [1.82, 2.24) is 10.3 Å². The summed E-state index contributed by atoms with van der Waals surface area (Å²) >= 11 is 4.04. The first-order valence-corrected chi connectivity index (χ1v) is 7.23. The van der Waals surface area contributed by atoms with E-state index in [4.69, 9.17) is 4.42 Å². The van der Waals surface area contributed by atoms with Crippen molar-refractivity contribution in [2.45, 2.75) is 19.8 Å². The molecule has 106 valence electrons. The van der Waals surface area contributed by atoms with Crippen molar-refractivity contribution in [3.63, 3.8) is 0 Å². The van der Waals surface area contributed by atoms with Crippen molar-refractivity contribution in [2.24, 2.45) is 0 Å². The molecule has 20 heavy (non-hydrogen) atoms. The van der Waals surface area contributed by atoms with Crippen molar-refractivity contribution >= 4 is 18.5 Å². The number of nitrogens with zero attached hydrogens (tertiary/aromatic N) is 1. The van der Waals surface area contributed by atoms with Crippen molar-refractivity contribution in [3.05, 3.63) is 41.9 Å². The van der Waals surface area contributed by atoms with E-state index in [-0.39, 0.29) is 5.91 Å². The number of hydrogen-bond donors (Lipinski definition) is 2. The number of oxazole rings is 1. The Hall–Kier alpha value is -1.75. The van der Waals surface area contributed by atoms with Crippen LogP contribution in [-0.2, 0) is 11.2 Å². The zero-order chi connectivity index (χ0) is 14.4. The highest BCUT2D eigenvalue weighted by Crippen LogP contribution is 2.24. The van der Waals surface area contributed by atoms with Crippen LogP contribution < -0.4 is 5.32 Å². The summed E-state index contributed by atoms with van der Waals surface area (Å²) in [5, 5.41) is 2.77. The van der Waals surface area contributed by atoms with E-state index in [1.807, 2.05) is 37.3 Å². The Morgan fingerprint density at radius 3 is 2.80 bits per heavy atom. The first-order chi connectivity index (χ1) is 9.70. The number of rotatable bonds is 6. The molecule has 0 saturated carbocycles. The average molecular weight is 290 g/mol. The van der Waals surface area contributed by atoms with Crippen molar-refractivity contribution in [1.29, 1.82) is 0 Å². The van der Waals surface area contributed by atoms with Gasteiger partial charge in [-0.1, -0.05) is 30.3 Å². The zero-order valence-corrected chi connectivity index (χ0v) is 12.3. The van der Waals surface area contributed by atoms with E-state index in [9.17, 15) is 4.79 Å². The van der Waals surface area contributed by atoms with Crippen molar-refractivity contribution < 1.29 is 9.21 Å². The predicted molar refractivity (Wildman–Crippen MR) is 81.9 cm³/mol. The third kappa shape index (κ3) is 3.87.